The van der Waals surface area contributed by atoms with Crippen molar-refractivity contribution in [3.63, 3.8) is 0 Å². The van der Waals surface area contributed by atoms with Crippen LogP contribution in [0.1, 0.15) is 16.7 Å². The van der Waals surface area contributed by atoms with Crippen LogP contribution in [0.15, 0.2) is 91.0 Å². The standard InChI is InChI=1S/3C8H9.In/c3*1-2-8-6-4-3-5-7-8;/h3*3-7H,1-2H2;. The Kier molecular flexibility index (Phi) is 7.70. The number of rotatable bonds is 9. The van der Waals surface area contributed by atoms with E-state index in [0.29, 0.717) is 0 Å². The van der Waals surface area contributed by atoms with Gasteiger partial charge >= 0.3 is 161 Å². The molecule has 0 radical (unpaired) electrons. The maximum atomic E-state index is 2.29. The number of benzene rings is 3. The van der Waals surface area contributed by atoms with Crippen LogP contribution in [0.3, 0.4) is 0 Å². The van der Waals surface area contributed by atoms with Gasteiger partial charge in [-0.1, -0.05) is 0 Å². The van der Waals surface area contributed by atoms with Gasteiger partial charge < -0.3 is 0 Å². The van der Waals surface area contributed by atoms with Crippen molar-refractivity contribution in [3.05, 3.63) is 108 Å². The number of aryl methyl sites for hydroxylation is 3. The van der Waals surface area contributed by atoms with E-state index in [2.05, 4.69) is 91.0 Å². The molecule has 0 atom stereocenters. The van der Waals surface area contributed by atoms with E-state index < -0.39 is 21.4 Å². The van der Waals surface area contributed by atoms with Crippen molar-refractivity contribution in [2.24, 2.45) is 0 Å². The molecule has 0 nitrogen and oxygen atoms in total. The average molecular weight is 430 g/mol. The second kappa shape index (κ2) is 10.5. The van der Waals surface area contributed by atoms with Crippen LogP contribution in [0.25, 0.3) is 0 Å². The van der Waals surface area contributed by atoms with Gasteiger partial charge in [0.05, 0.1) is 0 Å². The molecule has 0 N–H and O–H groups in total. The van der Waals surface area contributed by atoms with Gasteiger partial charge in [0.2, 0.25) is 0 Å². The Bertz CT molecular complexity index is 603. The normalized spacial score (nSPS) is 10.6. The summed E-state index contributed by atoms with van der Waals surface area (Å²) in [5.74, 6) is 0. The van der Waals surface area contributed by atoms with Crippen LogP contribution in [-0.2, 0) is 19.3 Å². The topological polar surface area (TPSA) is 0 Å². The summed E-state index contributed by atoms with van der Waals surface area (Å²) < 4.78 is 4.47. The molecule has 25 heavy (non-hydrogen) atoms. The molecule has 0 spiro atoms. The van der Waals surface area contributed by atoms with Gasteiger partial charge in [-0.05, 0) is 0 Å². The van der Waals surface area contributed by atoms with E-state index in [0.717, 1.165) is 0 Å². The molecule has 0 saturated carbocycles. The summed E-state index contributed by atoms with van der Waals surface area (Å²) in [6.07, 6.45) is 3.85. The summed E-state index contributed by atoms with van der Waals surface area (Å²) in [4.78, 5) is 0. The molecule has 0 aliphatic rings. The molecule has 0 saturated heterocycles. The van der Waals surface area contributed by atoms with Crippen LogP contribution in [0.4, 0.5) is 0 Å². The van der Waals surface area contributed by atoms with Crippen LogP contribution in [0.2, 0.25) is 12.5 Å². The van der Waals surface area contributed by atoms with Crippen molar-refractivity contribution in [1.82, 2.24) is 0 Å². The Hall–Kier alpha value is -1.47. The molecule has 126 valence electrons. The Morgan fingerprint density at radius 1 is 0.400 bits per heavy atom. The van der Waals surface area contributed by atoms with Gasteiger partial charge in [-0.3, -0.25) is 0 Å². The second-order valence-corrected chi connectivity index (χ2v) is 16.8. The van der Waals surface area contributed by atoms with Gasteiger partial charge in [0, 0.05) is 0 Å². The molecule has 3 aromatic carbocycles. The summed E-state index contributed by atoms with van der Waals surface area (Å²) in [6, 6.07) is 33.1. The Labute approximate surface area is 160 Å². The third kappa shape index (κ3) is 6.74. The molecule has 0 aliphatic carbocycles. The van der Waals surface area contributed by atoms with Crippen LogP contribution >= 0.6 is 0 Å². The fraction of sp³-hybridized carbons (Fsp3) is 0.250. The molecule has 3 rings (SSSR count). The van der Waals surface area contributed by atoms with Crippen molar-refractivity contribution >= 4 is 21.4 Å². The first-order chi connectivity index (χ1) is 12.4. The zero-order chi connectivity index (χ0) is 17.2. The van der Waals surface area contributed by atoms with Crippen LogP contribution < -0.4 is 0 Å². The van der Waals surface area contributed by atoms with Gasteiger partial charge in [-0.25, -0.2) is 0 Å². The van der Waals surface area contributed by atoms with Crippen molar-refractivity contribution in [2.75, 3.05) is 0 Å². The van der Waals surface area contributed by atoms with Crippen molar-refractivity contribution in [2.45, 2.75) is 31.8 Å². The van der Waals surface area contributed by atoms with Gasteiger partial charge in [0.1, 0.15) is 0 Å². The van der Waals surface area contributed by atoms with E-state index in [-0.39, 0.29) is 0 Å². The zero-order valence-electron chi connectivity index (χ0n) is 15.0. The van der Waals surface area contributed by atoms with Crippen LogP contribution in [-0.4, -0.2) is 21.4 Å². The first-order valence-electron chi connectivity index (χ1n) is 9.52. The summed E-state index contributed by atoms with van der Waals surface area (Å²) in [5, 5.41) is 0. The SMILES string of the molecule is c1ccc(C[CH2][In]([CH2]Cc2ccccc2)[CH2]Cc2ccccc2)cc1. The summed E-state index contributed by atoms with van der Waals surface area (Å²) >= 11 is -1.52. The Morgan fingerprint density at radius 2 is 0.680 bits per heavy atom. The molecule has 0 fully saturated rings. The minimum absolute atomic E-state index is 1.28. The molecule has 1 heteroatoms. The van der Waals surface area contributed by atoms with E-state index in [4.69, 9.17) is 0 Å². The molecule has 0 heterocycles. The van der Waals surface area contributed by atoms with Gasteiger partial charge in [0.15, 0.2) is 0 Å². The first-order valence-corrected chi connectivity index (χ1v) is 16.5. The molecule has 3 aromatic rings. The van der Waals surface area contributed by atoms with E-state index in [1.807, 2.05) is 0 Å². The predicted molar refractivity (Wildman–Crippen MR) is 111 cm³/mol. The molecule has 0 bridgehead atoms. The minimum atomic E-state index is -1.52. The van der Waals surface area contributed by atoms with Crippen molar-refractivity contribution < 1.29 is 0 Å². The van der Waals surface area contributed by atoms with E-state index >= 15 is 0 Å². The first kappa shape index (κ1) is 18.3. The summed E-state index contributed by atoms with van der Waals surface area (Å²) in [6.45, 7) is 0. The maximum absolute atomic E-state index is 2.29. The average Bonchev–Trinajstić information content (AvgIpc) is 2.70. The van der Waals surface area contributed by atoms with Crippen LogP contribution in [0, 0.1) is 0 Å². The monoisotopic (exact) mass is 430 g/mol. The van der Waals surface area contributed by atoms with E-state index in [1.165, 1.54) is 48.5 Å². The number of hydrogen-bond donors (Lipinski definition) is 0. The Balaban J connectivity index is 1.56. The quantitative estimate of drug-likeness (QED) is 0.379. The fourth-order valence-corrected chi connectivity index (χ4v) is 12.3. The predicted octanol–water partition coefficient (Wildman–Crippen LogP) is 6.21. The fourth-order valence-electron chi connectivity index (χ4n) is 3.48. The summed E-state index contributed by atoms with van der Waals surface area (Å²) in [7, 11) is 0. The molecule has 0 amide bonds. The summed E-state index contributed by atoms with van der Waals surface area (Å²) in [5.41, 5.74) is 4.55. The van der Waals surface area contributed by atoms with Crippen molar-refractivity contribution in [1.29, 1.82) is 0 Å². The molecular weight excluding hydrogens is 403 g/mol. The third-order valence-corrected chi connectivity index (χ3v) is 14.5. The van der Waals surface area contributed by atoms with E-state index in [9.17, 15) is 0 Å². The Morgan fingerprint density at radius 3 is 0.960 bits per heavy atom. The molecular formula is C24H27In. The molecule has 0 aromatic heterocycles. The zero-order valence-corrected chi connectivity index (χ0v) is 18.3. The molecule has 0 aliphatic heterocycles. The van der Waals surface area contributed by atoms with Gasteiger partial charge in [-0.2, -0.15) is 0 Å². The van der Waals surface area contributed by atoms with Crippen molar-refractivity contribution in [3.8, 4) is 0 Å². The second-order valence-electron chi connectivity index (χ2n) is 6.94. The van der Waals surface area contributed by atoms with Gasteiger partial charge in [-0.15, -0.1) is 0 Å². The van der Waals surface area contributed by atoms with Gasteiger partial charge in [0.25, 0.3) is 0 Å². The third-order valence-electron chi connectivity index (χ3n) is 5.05. The number of hydrogen-bond acceptors (Lipinski definition) is 0. The molecule has 0 unspecified atom stereocenters. The van der Waals surface area contributed by atoms with E-state index in [1.54, 1.807) is 0 Å². The van der Waals surface area contributed by atoms with Crippen LogP contribution in [0.5, 0.6) is 0 Å².